The Balaban J connectivity index is 2.18. The van der Waals surface area contributed by atoms with E-state index < -0.39 is 0 Å². The number of nitrogens with two attached hydrogens (primary N) is 1. The highest BCUT2D eigenvalue weighted by Crippen LogP contribution is 2.31. The molecular weight excluding hydrogens is 200 g/mol. The number of hydrogen-bond acceptors (Lipinski definition) is 3. The third-order valence-corrected chi connectivity index (χ3v) is 3.44. The molecule has 1 unspecified atom stereocenters. The van der Waals surface area contributed by atoms with Gasteiger partial charge in [-0.1, -0.05) is 6.42 Å². The monoisotopic (exact) mass is 220 g/mol. The summed E-state index contributed by atoms with van der Waals surface area (Å²) >= 11 is 0. The summed E-state index contributed by atoms with van der Waals surface area (Å²) in [4.78, 5) is 2.41. The Hall–Kier alpha value is -1.22. The molecule has 3 heteroatoms. The Labute approximate surface area is 96.9 Å². The zero-order valence-electron chi connectivity index (χ0n) is 9.82. The molecule has 0 amide bonds. The van der Waals surface area contributed by atoms with Gasteiger partial charge in [0.05, 0.1) is 0 Å². The van der Waals surface area contributed by atoms with Crippen LogP contribution in [0.3, 0.4) is 0 Å². The molecule has 1 aliphatic heterocycles. The van der Waals surface area contributed by atoms with Crippen molar-refractivity contribution >= 4 is 5.69 Å². The first kappa shape index (κ1) is 11.3. The van der Waals surface area contributed by atoms with Crippen LogP contribution in [0.2, 0.25) is 0 Å². The first-order valence-corrected chi connectivity index (χ1v) is 6.01. The number of hydrogen-bond donors (Lipinski definition) is 2. The van der Waals surface area contributed by atoms with E-state index in [-0.39, 0.29) is 6.04 Å². The SMILES string of the molecule is CC(c1cc(N)ccc1O)N1CCCCC1. The van der Waals surface area contributed by atoms with Gasteiger partial charge >= 0.3 is 0 Å². The maximum atomic E-state index is 9.85. The van der Waals surface area contributed by atoms with Crippen LogP contribution in [-0.2, 0) is 0 Å². The molecule has 1 atom stereocenters. The maximum absolute atomic E-state index is 9.85. The quantitative estimate of drug-likeness (QED) is 0.595. The molecule has 2 rings (SSSR count). The van der Waals surface area contributed by atoms with Crippen LogP contribution in [-0.4, -0.2) is 23.1 Å². The second-order valence-electron chi connectivity index (χ2n) is 4.59. The molecule has 1 saturated heterocycles. The third-order valence-electron chi connectivity index (χ3n) is 3.44. The van der Waals surface area contributed by atoms with Crippen molar-refractivity contribution in [1.82, 2.24) is 4.90 Å². The van der Waals surface area contributed by atoms with E-state index >= 15 is 0 Å². The fraction of sp³-hybridized carbons (Fsp3) is 0.538. The van der Waals surface area contributed by atoms with Crippen molar-refractivity contribution in [2.24, 2.45) is 0 Å². The number of phenols is 1. The number of nitrogens with zero attached hydrogens (tertiary/aromatic N) is 1. The first-order valence-electron chi connectivity index (χ1n) is 6.01. The molecule has 0 radical (unpaired) electrons. The van der Waals surface area contributed by atoms with Gasteiger partial charge in [0.25, 0.3) is 0 Å². The molecule has 1 aliphatic rings. The lowest BCUT2D eigenvalue weighted by molar-refractivity contribution is 0.172. The predicted octanol–water partition coefficient (Wildman–Crippen LogP) is 2.52. The van der Waals surface area contributed by atoms with Gasteiger partial charge < -0.3 is 10.8 Å². The van der Waals surface area contributed by atoms with Crippen molar-refractivity contribution in [3.63, 3.8) is 0 Å². The van der Waals surface area contributed by atoms with Crippen LogP contribution in [0.15, 0.2) is 18.2 Å². The minimum atomic E-state index is 0.254. The van der Waals surface area contributed by atoms with E-state index in [1.807, 2.05) is 6.07 Å². The molecule has 88 valence electrons. The Morgan fingerprint density at radius 1 is 1.25 bits per heavy atom. The highest BCUT2D eigenvalue weighted by atomic mass is 16.3. The largest absolute Gasteiger partial charge is 0.508 e. The summed E-state index contributed by atoms with van der Waals surface area (Å²) in [5, 5.41) is 9.85. The van der Waals surface area contributed by atoms with Crippen LogP contribution in [0.5, 0.6) is 5.75 Å². The Kier molecular flexibility index (Phi) is 3.34. The maximum Gasteiger partial charge on any atom is 0.120 e. The Morgan fingerprint density at radius 2 is 1.94 bits per heavy atom. The van der Waals surface area contributed by atoms with Gasteiger partial charge in [-0.2, -0.15) is 0 Å². The van der Waals surface area contributed by atoms with E-state index in [9.17, 15) is 5.11 Å². The molecule has 1 aromatic carbocycles. The minimum absolute atomic E-state index is 0.254. The van der Waals surface area contributed by atoms with E-state index in [0.717, 1.165) is 24.3 Å². The average molecular weight is 220 g/mol. The Morgan fingerprint density at radius 3 is 2.62 bits per heavy atom. The van der Waals surface area contributed by atoms with Crippen molar-refractivity contribution in [3.8, 4) is 5.75 Å². The third kappa shape index (κ3) is 2.30. The van der Waals surface area contributed by atoms with Crippen molar-refractivity contribution in [1.29, 1.82) is 0 Å². The van der Waals surface area contributed by atoms with Gasteiger partial charge in [-0.25, -0.2) is 0 Å². The molecule has 0 bridgehead atoms. The summed E-state index contributed by atoms with van der Waals surface area (Å²) in [7, 11) is 0. The van der Waals surface area contributed by atoms with Crippen LogP contribution in [0.1, 0.15) is 37.8 Å². The number of anilines is 1. The lowest BCUT2D eigenvalue weighted by atomic mass is 10.0. The summed E-state index contributed by atoms with van der Waals surface area (Å²) in [5.41, 5.74) is 7.43. The predicted molar refractivity (Wildman–Crippen MR) is 66.4 cm³/mol. The van der Waals surface area contributed by atoms with Gasteiger partial charge in [0.2, 0.25) is 0 Å². The lowest BCUT2D eigenvalue weighted by Gasteiger charge is -2.32. The molecular formula is C13H20N2O. The summed E-state index contributed by atoms with van der Waals surface area (Å²) in [6.45, 7) is 4.38. The molecule has 3 nitrogen and oxygen atoms in total. The van der Waals surface area contributed by atoms with Crippen LogP contribution >= 0.6 is 0 Å². The number of aromatic hydroxyl groups is 1. The van der Waals surface area contributed by atoms with E-state index in [1.165, 1.54) is 19.3 Å². The van der Waals surface area contributed by atoms with Crippen LogP contribution in [0.4, 0.5) is 5.69 Å². The molecule has 0 spiro atoms. The zero-order valence-corrected chi connectivity index (χ0v) is 9.82. The highest BCUT2D eigenvalue weighted by Gasteiger charge is 2.20. The summed E-state index contributed by atoms with van der Waals surface area (Å²) in [5.74, 6) is 0.354. The molecule has 0 aliphatic carbocycles. The van der Waals surface area contributed by atoms with E-state index in [2.05, 4.69) is 11.8 Å². The number of piperidine rings is 1. The van der Waals surface area contributed by atoms with Crippen LogP contribution in [0.25, 0.3) is 0 Å². The second kappa shape index (κ2) is 4.74. The fourth-order valence-electron chi connectivity index (χ4n) is 2.41. The van der Waals surface area contributed by atoms with Gasteiger partial charge in [0, 0.05) is 17.3 Å². The first-order chi connectivity index (χ1) is 7.68. The smallest absolute Gasteiger partial charge is 0.120 e. The molecule has 16 heavy (non-hydrogen) atoms. The summed E-state index contributed by atoms with van der Waals surface area (Å²) in [6, 6.07) is 5.56. The Bertz CT molecular complexity index is 359. The van der Waals surface area contributed by atoms with E-state index in [1.54, 1.807) is 12.1 Å². The van der Waals surface area contributed by atoms with Crippen LogP contribution < -0.4 is 5.73 Å². The molecule has 1 heterocycles. The van der Waals surface area contributed by atoms with E-state index in [4.69, 9.17) is 5.73 Å². The highest BCUT2D eigenvalue weighted by molar-refractivity contribution is 5.48. The average Bonchev–Trinajstić information content (AvgIpc) is 2.32. The fourth-order valence-corrected chi connectivity index (χ4v) is 2.41. The van der Waals surface area contributed by atoms with Gasteiger partial charge in [-0.05, 0) is 51.1 Å². The molecule has 0 saturated carbocycles. The van der Waals surface area contributed by atoms with Crippen molar-refractivity contribution < 1.29 is 5.11 Å². The molecule has 0 aromatic heterocycles. The van der Waals surface area contributed by atoms with Crippen molar-refractivity contribution in [3.05, 3.63) is 23.8 Å². The second-order valence-corrected chi connectivity index (χ2v) is 4.59. The standard InChI is InChI=1S/C13H20N2O/c1-10(15-7-3-2-4-8-15)12-9-11(14)5-6-13(12)16/h5-6,9-10,16H,2-4,7-8,14H2,1H3. The van der Waals surface area contributed by atoms with Gasteiger partial charge in [-0.3, -0.25) is 4.90 Å². The lowest BCUT2D eigenvalue weighted by Crippen LogP contribution is -2.32. The number of likely N-dealkylation sites (tertiary alicyclic amines) is 1. The number of benzene rings is 1. The van der Waals surface area contributed by atoms with Crippen molar-refractivity contribution in [2.45, 2.75) is 32.2 Å². The van der Waals surface area contributed by atoms with Gasteiger partial charge in [0.1, 0.15) is 5.75 Å². The topological polar surface area (TPSA) is 49.5 Å². The summed E-state index contributed by atoms with van der Waals surface area (Å²) < 4.78 is 0. The number of phenolic OH excluding ortho intramolecular Hbond substituents is 1. The molecule has 1 aromatic rings. The number of rotatable bonds is 2. The zero-order chi connectivity index (χ0) is 11.5. The minimum Gasteiger partial charge on any atom is -0.508 e. The van der Waals surface area contributed by atoms with E-state index in [0.29, 0.717) is 5.75 Å². The molecule has 3 N–H and O–H groups in total. The number of nitrogen functional groups attached to an aromatic ring is 1. The van der Waals surface area contributed by atoms with Gasteiger partial charge in [-0.15, -0.1) is 0 Å². The van der Waals surface area contributed by atoms with Gasteiger partial charge in [0.15, 0.2) is 0 Å². The summed E-state index contributed by atoms with van der Waals surface area (Å²) in [6.07, 6.45) is 3.84. The normalized spacial score (nSPS) is 19.6. The molecule has 1 fully saturated rings. The van der Waals surface area contributed by atoms with Crippen molar-refractivity contribution in [2.75, 3.05) is 18.8 Å². The van der Waals surface area contributed by atoms with Crippen LogP contribution in [0, 0.1) is 0 Å².